The van der Waals surface area contributed by atoms with E-state index in [1.165, 1.54) is 6.07 Å². The van der Waals surface area contributed by atoms with E-state index in [4.69, 9.17) is 4.74 Å². The summed E-state index contributed by atoms with van der Waals surface area (Å²) in [6.45, 7) is 2.33. The highest BCUT2D eigenvalue weighted by Crippen LogP contribution is 2.31. The van der Waals surface area contributed by atoms with Gasteiger partial charge < -0.3 is 20.1 Å². The predicted molar refractivity (Wildman–Crippen MR) is 124 cm³/mol. The number of H-pyrrole nitrogens is 1. The second kappa shape index (κ2) is 9.06. The first-order chi connectivity index (χ1) is 15.6. The standard InChI is InChI=1S/C25H20N4O3/c1-2-32-23-13-16(10-11-22(23)27-19-7-5-6-17(14-19)25(30)31)12-18(15-26)24-28-20-8-3-4-9-21(20)29-24/h3-14,27H,2H2,1H3,(H,28,29)(H,30,31). The van der Waals surface area contributed by atoms with E-state index in [2.05, 4.69) is 21.4 Å². The first-order valence-corrected chi connectivity index (χ1v) is 10.0. The molecular weight excluding hydrogens is 404 g/mol. The van der Waals surface area contributed by atoms with Crippen LogP contribution in [0.3, 0.4) is 0 Å². The molecule has 0 spiro atoms. The number of hydrogen-bond acceptors (Lipinski definition) is 5. The number of anilines is 2. The molecular formula is C25H20N4O3. The molecule has 3 aromatic carbocycles. The summed E-state index contributed by atoms with van der Waals surface area (Å²) >= 11 is 0. The minimum Gasteiger partial charge on any atom is -0.492 e. The summed E-state index contributed by atoms with van der Waals surface area (Å²) in [4.78, 5) is 18.9. The van der Waals surface area contributed by atoms with E-state index in [1.807, 2.05) is 49.4 Å². The second-order valence-corrected chi connectivity index (χ2v) is 6.97. The molecule has 7 nitrogen and oxygen atoms in total. The van der Waals surface area contributed by atoms with E-state index in [1.54, 1.807) is 24.3 Å². The number of fused-ring (bicyclic) bond motifs is 1. The Morgan fingerprint density at radius 3 is 2.78 bits per heavy atom. The van der Waals surface area contributed by atoms with Crippen molar-refractivity contribution >= 4 is 40.0 Å². The second-order valence-electron chi connectivity index (χ2n) is 6.97. The van der Waals surface area contributed by atoms with Crippen LogP contribution in [0.25, 0.3) is 22.7 Å². The van der Waals surface area contributed by atoms with Crippen molar-refractivity contribution < 1.29 is 14.6 Å². The van der Waals surface area contributed by atoms with Crippen molar-refractivity contribution in [3.05, 3.63) is 83.7 Å². The van der Waals surface area contributed by atoms with Gasteiger partial charge in [0.15, 0.2) is 0 Å². The summed E-state index contributed by atoms with van der Waals surface area (Å²) in [6.07, 6.45) is 1.75. The Kier molecular flexibility index (Phi) is 5.86. The van der Waals surface area contributed by atoms with Gasteiger partial charge in [-0.15, -0.1) is 0 Å². The van der Waals surface area contributed by atoms with Crippen molar-refractivity contribution in [2.75, 3.05) is 11.9 Å². The Hall–Kier alpha value is -4.57. The van der Waals surface area contributed by atoms with Gasteiger partial charge in [-0.1, -0.05) is 24.3 Å². The van der Waals surface area contributed by atoms with Crippen LogP contribution in [0.2, 0.25) is 0 Å². The van der Waals surface area contributed by atoms with E-state index in [0.717, 1.165) is 16.6 Å². The van der Waals surface area contributed by atoms with E-state index in [9.17, 15) is 15.2 Å². The van der Waals surface area contributed by atoms with Gasteiger partial charge in [0.1, 0.15) is 17.6 Å². The highest BCUT2D eigenvalue weighted by molar-refractivity contribution is 5.91. The van der Waals surface area contributed by atoms with Crippen LogP contribution in [0.1, 0.15) is 28.7 Å². The fourth-order valence-electron chi connectivity index (χ4n) is 3.29. The van der Waals surface area contributed by atoms with Gasteiger partial charge >= 0.3 is 5.97 Å². The number of ether oxygens (including phenoxy) is 1. The van der Waals surface area contributed by atoms with Crippen LogP contribution in [0.15, 0.2) is 66.7 Å². The normalized spacial score (nSPS) is 11.2. The lowest BCUT2D eigenvalue weighted by atomic mass is 10.1. The molecule has 0 bridgehead atoms. The molecule has 32 heavy (non-hydrogen) atoms. The van der Waals surface area contributed by atoms with Crippen LogP contribution in [-0.4, -0.2) is 27.7 Å². The number of nitrogens with zero attached hydrogens (tertiary/aromatic N) is 2. The summed E-state index contributed by atoms with van der Waals surface area (Å²) in [6, 6.07) is 21.9. The highest BCUT2D eigenvalue weighted by atomic mass is 16.5. The number of nitrogens with one attached hydrogen (secondary N) is 2. The van der Waals surface area contributed by atoms with Gasteiger partial charge in [0.05, 0.1) is 34.5 Å². The van der Waals surface area contributed by atoms with Gasteiger partial charge in [0.2, 0.25) is 0 Å². The zero-order valence-corrected chi connectivity index (χ0v) is 17.3. The number of imidazole rings is 1. The van der Waals surface area contributed by atoms with Crippen molar-refractivity contribution in [2.24, 2.45) is 0 Å². The Balaban J connectivity index is 1.66. The predicted octanol–water partition coefficient (Wildman–Crippen LogP) is 5.47. The average Bonchev–Trinajstić information content (AvgIpc) is 3.23. The van der Waals surface area contributed by atoms with E-state index in [-0.39, 0.29) is 5.56 Å². The number of nitriles is 1. The van der Waals surface area contributed by atoms with Gasteiger partial charge in [0.25, 0.3) is 0 Å². The molecule has 0 saturated heterocycles. The molecule has 1 aromatic heterocycles. The van der Waals surface area contributed by atoms with Crippen molar-refractivity contribution in [3.63, 3.8) is 0 Å². The van der Waals surface area contributed by atoms with Crippen molar-refractivity contribution in [2.45, 2.75) is 6.92 Å². The minimum atomic E-state index is -0.992. The first-order valence-electron chi connectivity index (χ1n) is 10.0. The Labute approximate surface area is 184 Å². The third-order valence-electron chi connectivity index (χ3n) is 4.77. The number of aromatic carboxylic acids is 1. The Morgan fingerprint density at radius 1 is 1.19 bits per heavy atom. The van der Waals surface area contributed by atoms with Crippen LogP contribution in [0, 0.1) is 11.3 Å². The number of carboxylic acid groups (broad SMARTS) is 1. The van der Waals surface area contributed by atoms with Crippen molar-refractivity contribution in [1.29, 1.82) is 5.26 Å². The lowest BCUT2D eigenvalue weighted by Gasteiger charge is -2.14. The topological polar surface area (TPSA) is 111 Å². The molecule has 7 heteroatoms. The number of para-hydroxylation sites is 2. The number of aromatic amines is 1. The molecule has 0 aliphatic heterocycles. The molecule has 0 amide bonds. The number of benzene rings is 3. The molecule has 158 valence electrons. The van der Waals surface area contributed by atoms with Gasteiger partial charge in [-0.25, -0.2) is 9.78 Å². The maximum atomic E-state index is 11.2. The van der Waals surface area contributed by atoms with Crippen molar-refractivity contribution in [3.8, 4) is 11.8 Å². The molecule has 4 aromatic rings. The third-order valence-corrected chi connectivity index (χ3v) is 4.77. The number of carbonyl (C=O) groups is 1. The lowest BCUT2D eigenvalue weighted by Crippen LogP contribution is -2.00. The molecule has 0 radical (unpaired) electrons. The van der Waals surface area contributed by atoms with E-state index < -0.39 is 5.97 Å². The fraction of sp³-hybridized carbons (Fsp3) is 0.0800. The minimum absolute atomic E-state index is 0.192. The summed E-state index contributed by atoms with van der Waals surface area (Å²) in [7, 11) is 0. The maximum absolute atomic E-state index is 11.2. The largest absolute Gasteiger partial charge is 0.492 e. The summed E-state index contributed by atoms with van der Waals surface area (Å²) < 4.78 is 5.78. The van der Waals surface area contributed by atoms with Crippen molar-refractivity contribution in [1.82, 2.24) is 9.97 Å². The van der Waals surface area contributed by atoms with Crippen LogP contribution in [0.4, 0.5) is 11.4 Å². The number of rotatable bonds is 7. The molecule has 0 fully saturated rings. The average molecular weight is 424 g/mol. The Bertz CT molecular complexity index is 1330. The fourth-order valence-corrected chi connectivity index (χ4v) is 3.29. The summed E-state index contributed by atoms with van der Waals surface area (Å²) in [5.74, 6) is 0.0945. The van der Waals surface area contributed by atoms with Crippen LogP contribution in [-0.2, 0) is 0 Å². The van der Waals surface area contributed by atoms with E-state index >= 15 is 0 Å². The SMILES string of the molecule is CCOc1cc(C=C(C#N)c2nc3ccccc3[nH]2)ccc1Nc1cccc(C(=O)O)c1. The van der Waals surface area contributed by atoms with Gasteiger partial charge in [0, 0.05) is 5.69 Å². The third kappa shape index (κ3) is 4.45. The molecule has 0 aliphatic carbocycles. The molecule has 1 heterocycles. The molecule has 0 unspecified atom stereocenters. The maximum Gasteiger partial charge on any atom is 0.335 e. The number of aromatic nitrogens is 2. The van der Waals surface area contributed by atoms with Crippen LogP contribution in [0.5, 0.6) is 5.75 Å². The van der Waals surface area contributed by atoms with Gasteiger partial charge in [-0.3, -0.25) is 0 Å². The smallest absolute Gasteiger partial charge is 0.335 e. The lowest BCUT2D eigenvalue weighted by molar-refractivity contribution is 0.0697. The van der Waals surface area contributed by atoms with Crippen LogP contribution >= 0.6 is 0 Å². The van der Waals surface area contributed by atoms with Gasteiger partial charge in [-0.05, 0) is 61.0 Å². The number of carboxylic acids is 1. The Morgan fingerprint density at radius 2 is 2.03 bits per heavy atom. The van der Waals surface area contributed by atoms with Gasteiger partial charge in [-0.2, -0.15) is 5.26 Å². The molecule has 4 rings (SSSR count). The number of allylic oxidation sites excluding steroid dienone is 1. The zero-order chi connectivity index (χ0) is 22.5. The molecule has 3 N–H and O–H groups in total. The molecule has 0 saturated carbocycles. The quantitative estimate of drug-likeness (QED) is 0.339. The number of hydrogen-bond donors (Lipinski definition) is 3. The summed E-state index contributed by atoms with van der Waals surface area (Å²) in [5, 5.41) is 22.1. The van der Waals surface area contributed by atoms with Crippen LogP contribution < -0.4 is 10.1 Å². The van der Waals surface area contributed by atoms with E-state index in [0.29, 0.717) is 35.1 Å². The monoisotopic (exact) mass is 424 g/mol. The molecule has 0 atom stereocenters. The highest BCUT2D eigenvalue weighted by Gasteiger charge is 2.11. The first kappa shape index (κ1) is 20.7. The zero-order valence-electron chi connectivity index (χ0n) is 17.3. The molecule has 0 aliphatic rings. The summed E-state index contributed by atoms with van der Waals surface area (Å²) in [5.41, 5.74) is 4.34.